The third-order valence-electron chi connectivity index (χ3n) is 4.29. The van der Waals surface area contributed by atoms with Gasteiger partial charge in [0.25, 0.3) is 0 Å². The summed E-state index contributed by atoms with van der Waals surface area (Å²) in [5, 5.41) is 3.69. The van der Waals surface area contributed by atoms with Crippen LogP contribution < -0.4 is 5.32 Å². The molecule has 0 aromatic carbocycles. The van der Waals surface area contributed by atoms with Crippen LogP contribution in [0.15, 0.2) is 0 Å². The van der Waals surface area contributed by atoms with Crippen molar-refractivity contribution >= 4 is 0 Å². The smallest absolute Gasteiger partial charge is 0.0121 e. The fourth-order valence-electron chi connectivity index (χ4n) is 3.71. The van der Waals surface area contributed by atoms with E-state index in [1.54, 1.807) is 0 Å². The minimum Gasteiger partial charge on any atom is -0.313 e. The molecule has 1 heterocycles. The molecule has 13 heavy (non-hydrogen) atoms. The second-order valence-corrected chi connectivity index (χ2v) is 5.23. The summed E-state index contributed by atoms with van der Waals surface area (Å²) in [6.07, 6.45) is 8.68. The second-order valence-electron chi connectivity index (χ2n) is 5.23. The molecule has 1 saturated heterocycles. The Hall–Kier alpha value is -0.0400. The van der Waals surface area contributed by atoms with E-state index in [9.17, 15) is 0 Å². The van der Waals surface area contributed by atoms with Crippen molar-refractivity contribution in [2.75, 3.05) is 6.54 Å². The van der Waals surface area contributed by atoms with Crippen molar-refractivity contribution in [3.63, 3.8) is 0 Å². The molecule has 0 bridgehead atoms. The Kier molecular flexibility index (Phi) is 2.64. The molecule has 2 rings (SSSR count). The maximum absolute atomic E-state index is 3.69. The highest BCUT2D eigenvalue weighted by Gasteiger charge is 2.43. The summed E-state index contributed by atoms with van der Waals surface area (Å²) < 4.78 is 0. The fraction of sp³-hybridized carbons (Fsp3) is 1.00. The summed E-state index contributed by atoms with van der Waals surface area (Å²) in [5.41, 5.74) is 0.701. The highest BCUT2D eigenvalue weighted by atomic mass is 15.0. The van der Waals surface area contributed by atoms with Gasteiger partial charge in [0.1, 0.15) is 0 Å². The van der Waals surface area contributed by atoms with Gasteiger partial charge in [0, 0.05) is 6.04 Å². The summed E-state index contributed by atoms with van der Waals surface area (Å²) in [4.78, 5) is 0. The summed E-state index contributed by atoms with van der Waals surface area (Å²) in [7, 11) is 0. The van der Waals surface area contributed by atoms with Crippen molar-refractivity contribution < 1.29 is 0 Å². The monoisotopic (exact) mass is 181 g/mol. The second kappa shape index (κ2) is 3.61. The molecular formula is C12H23N. The van der Waals surface area contributed by atoms with E-state index in [-0.39, 0.29) is 0 Å². The number of nitrogens with one attached hydrogen (secondary N) is 1. The molecule has 1 aliphatic heterocycles. The van der Waals surface area contributed by atoms with E-state index >= 15 is 0 Å². The molecule has 0 aromatic rings. The number of rotatable bonds is 1. The highest BCUT2D eigenvalue weighted by Crippen LogP contribution is 2.47. The van der Waals surface area contributed by atoms with Gasteiger partial charge >= 0.3 is 0 Å². The lowest BCUT2D eigenvalue weighted by atomic mass is 9.65. The van der Waals surface area contributed by atoms with Gasteiger partial charge in [-0.1, -0.05) is 26.7 Å². The summed E-state index contributed by atoms with van der Waals surface area (Å²) >= 11 is 0. The van der Waals surface area contributed by atoms with Crippen LogP contribution in [0.5, 0.6) is 0 Å². The Bertz CT molecular complexity index is 178. The van der Waals surface area contributed by atoms with E-state index < -0.39 is 0 Å². The molecule has 1 saturated carbocycles. The first kappa shape index (κ1) is 9.51. The minimum atomic E-state index is 0.701. The lowest BCUT2D eigenvalue weighted by molar-refractivity contribution is 0.124. The number of hydrogen-bond acceptors (Lipinski definition) is 1. The third kappa shape index (κ3) is 1.63. The van der Waals surface area contributed by atoms with Gasteiger partial charge in [0.2, 0.25) is 0 Å². The van der Waals surface area contributed by atoms with Crippen LogP contribution in [-0.4, -0.2) is 12.6 Å². The summed E-state index contributed by atoms with van der Waals surface area (Å²) in [6, 6.07) is 0.829. The van der Waals surface area contributed by atoms with E-state index in [1.165, 1.54) is 45.1 Å². The van der Waals surface area contributed by atoms with E-state index in [0.717, 1.165) is 12.0 Å². The molecule has 1 aliphatic carbocycles. The van der Waals surface area contributed by atoms with E-state index in [4.69, 9.17) is 0 Å². The molecule has 76 valence electrons. The van der Waals surface area contributed by atoms with Gasteiger partial charge in [0.15, 0.2) is 0 Å². The van der Waals surface area contributed by atoms with Gasteiger partial charge in [-0.15, -0.1) is 0 Å². The molecular weight excluding hydrogens is 158 g/mol. The van der Waals surface area contributed by atoms with Crippen LogP contribution in [0.25, 0.3) is 0 Å². The Morgan fingerprint density at radius 2 is 2.23 bits per heavy atom. The maximum atomic E-state index is 3.69. The average Bonchev–Trinajstić information content (AvgIpc) is 2.47. The first-order valence-corrected chi connectivity index (χ1v) is 6.00. The van der Waals surface area contributed by atoms with Gasteiger partial charge < -0.3 is 5.32 Å². The standard InChI is InChI=1S/C12H23N/c1-3-11-12(7-8-13-11)6-4-5-10(2)9-12/h10-11,13H,3-9H2,1-2H3. The molecule has 2 fully saturated rings. The molecule has 2 aliphatic rings. The predicted molar refractivity (Wildman–Crippen MR) is 56.8 cm³/mol. The van der Waals surface area contributed by atoms with Crippen molar-refractivity contribution in [1.82, 2.24) is 5.32 Å². The van der Waals surface area contributed by atoms with Crippen LogP contribution in [0.3, 0.4) is 0 Å². The largest absolute Gasteiger partial charge is 0.313 e. The van der Waals surface area contributed by atoms with Crippen molar-refractivity contribution in [1.29, 1.82) is 0 Å². The van der Waals surface area contributed by atoms with Crippen LogP contribution in [0, 0.1) is 11.3 Å². The van der Waals surface area contributed by atoms with Gasteiger partial charge in [-0.2, -0.15) is 0 Å². The highest BCUT2D eigenvalue weighted by molar-refractivity contribution is 4.98. The van der Waals surface area contributed by atoms with Crippen molar-refractivity contribution in [2.45, 2.75) is 58.4 Å². The Labute approximate surface area is 82.3 Å². The van der Waals surface area contributed by atoms with Gasteiger partial charge in [-0.3, -0.25) is 0 Å². The zero-order valence-corrected chi connectivity index (χ0v) is 9.10. The first-order chi connectivity index (χ1) is 6.27. The molecule has 1 heteroatoms. The molecule has 1 spiro atoms. The van der Waals surface area contributed by atoms with Crippen LogP contribution in [0.4, 0.5) is 0 Å². The summed E-state index contributed by atoms with van der Waals surface area (Å²) in [5.74, 6) is 0.975. The van der Waals surface area contributed by atoms with E-state index in [2.05, 4.69) is 19.2 Å². The van der Waals surface area contributed by atoms with Crippen LogP contribution in [-0.2, 0) is 0 Å². The van der Waals surface area contributed by atoms with Crippen LogP contribution in [0.2, 0.25) is 0 Å². The van der Waals surface area contributed by atoms with Crippen molar-refractivity contribution in [3.05, 3.63) is 0 Å². The van der Waals surface area contributed by atoms with Gasteiger partial charge in [-0.05, 0) is 43.6 Å². The molecule has 3 unspecified atom stereocenters. The summed E-state index contributed by atoms with van der Waals surface area (Å²) in [6.45, 7) is 6.04. The molecule has 0 aromatic heterocycles. The van der Waals surface area contributed by atoms with Crippen LogP contribution >= 0.6 is 0 Å². The quantitative estimate of drug-likeness (QED) is 0.656. The Morgan fingerprint density at radius 1 is 1.38 bits per heavy atom. The zero-order valence-electron chi connectivity index (χ0n) is 9.10. The minimum absolute atomic E-state index is 0.701. The molecule has 1 nitrogen and oxygen atoms in total. The Morgan fingerprint density at radius 3 is 2.92 bits per heavy atom. The maximum Gasteiger partial charge on any atom is 0.0121 e. The van der Waals surface area contributed by atoms with Crippen molar-refractivity contribution in [3.8, 4) is 0 Å². The average molecular weight is 181 g/mol. The normalized spacial score (nSPS) is 45.7. The first-order valence-electron chi connectivity index (χ1n) is 6.00. The van der Waals surface area contributed by atoms with E-state index in [0.29, 0.717) is 5.41 Å². The lowest BCUT2D eigenvalue weighted by Crippen LogP contribution is -2.39. The zero-order chi connectivity index (χ0) is 9.31. The topological polar surface area (TPSA) is 12.0 Å². The van der Waals surface area contributed by atoms with Gasteiger partial charge in [-0.25, -0.2) is 0 Å². The van der Waals surface area contributed by atoms with Crippen LogP contribution in [0.1, 0.15) is 52.4 Å². The number of hydrogen-bond donors (Lipinski definition) is 1. The molecule has 1 N–H and O–H groups in total. The van der Waals surface area contributed by atoms with Gasteiger partial charge in [0.05, 0.1) is 0 Å². The lowest BCUT2D eigenvalue weighted by Gasteiger charge is -2.41. The molecule has 0 amide bonds. The third-order valence-corrected chi connectivity index (χ3v) is 4.29. The fourth-order valence-corrected chi connectivity index (χ4v) is 3.71. The molecule has 0 radical (unpaired) electrons. The van der Waals surface area contributed by atoms with E-state index in [1.807, 2.05) is 0 Å². The Balaban J connectivity index is 2.08. The predicted octanol–water partition coefficient (Wildman–Crippen LogP) is 2.95. The molecule has 3 atom stereocenters. The SMILES string of the molecule is CCC1NCCC12CCCC(C)C2. The van der Waals surface area contributed by atoms with Crippen molar-refractivity contribution in [2.24, 2.45) is 11.3 Å².